The third-order valence-corrected chi connectivity index (χ3v) is 6.60. The molecule has 0 aromatic heterocycles. The van der Waals surface area contributed by atoms with E-state index in [0.717, 1.165) is 25.7 Å². The number of fused-ring (bicyclic) bond motifs is 1. The molecule has 142 valence electrons. The van der Waals surface area contributed by atoms with Gasteiger partial charge in [-0.2, -0.15) is 0 Å². The normalized spacial score (nSPS) is 27.5. The molecule has 0 saturated carbocycles. The molecule has 0 radical (unpaired) electrons. The Morgan fingerprint density at radius 2 is 2.04 bits per heavy atom. The number of aliphatic carboxylic acids is 1. The molecule has 0 spiro atoms. The average Bonchev–Trinajstić information content (AvgIpc) is 3.09. The first-order valence-corrected chi connectivity index (χ1v) is 10.2. The third kappa shape index (κ3) is 5.03. The van der Waals surface area contributed by atoms with Crippen molar-refractivity contribution in [3.8, 4) is 0 Å². The maximum atomic E-state index is 13.0. The molecule has 2 rings (SSSR count). The van der Waals surface area contributed by atoms with Crippen molar-refractivity contribution < 1.29 is 19.5 Å². The number of carboxylic acids is 1. The lowest BCUT2D eigenvalue weighted by atomic mass is 9.88. The second kappa shape index (κ2) is 9.31. The molecule has 2 heterocycles. The van der Waals surface area contributed by atoms with Gasteiger partial charge < -0.3 is 21.1 Å². The summed E-state index contributed by atoms with van der Waals surface area (Å²) in [7, 11) is 0. The first-order valence-electron chi connectivity index (χ1n) is 9.20. The van der Waals surface area contributed by atoms with Gasteiger partial charge in [-0.1, -0.05) is 32.6 Å². The summed E-state index contributed by atoms with van der Waals surface area (Å²) in [6.07, 6.45) is 6.25. The predicted molar refractivity (Wildman–Crippen MR) is 97.7 cm³/mol. The van der Waals surface area contributed by atoms with Crippen molar-refractivity contribution in [2.75, 3.05) is 12.3 Å². The average molecular weight is 372 g/mol. The highest BCUT2D eigenvalue weighted by atomic mass is 32.2. The Bertz CT molecular complexity index is 502. The molecule has 0 aromatic rings. The zero-order valence-corrected chi connectivity index (χ0v) is 15.6. The monoisotopic (exact) mass is 371 g/mol. The molecule has 3 atom stereocenters. The largest absolute Gasteiger partial charge is 0.481 e. The molecule has 2 aliphatic heterocycles. The van der Waals surface area contributed by atoms with Crippen LogP contribution in [0.1, 0.15) is 58.3 Å². The lowest BCUT2D eigenvalue weighted by Crippen LogP contribution is -2.56. The van der Waals surface area contributed by atoms with E-state index in [2.05, 4.69) is 22.9 Å². The molecular formula is C17H29N3O4S. The SMILES string of the molecule is CCCCCCNC(=O)[C@@]1(CCCCC(=O)O)SC[C@@H]2NC(=O)N[C@@H]21. The van der Waals surface area contributed by atoms with Gasteiger partial charge in [0.2, 0.25) is 5.91 Å². The molecule has 3 amide bonds. The van der Waals surface area contributed by atoms with Crippen LogP contribution in [0.4, 0.5) is 4.79 Å². The Balaban J connectivity index is 1.95. The van der Waals surface area contributed by atoms with Crippen LogP contribution in [-0.4, -0.2) is 52.1 Å². The van der Waals surface area contributed by atoms with Crippen molar-refractivity contribution in [1.82, 2.24) is 16.0 Å². The number of carbonyl (C=O) groups excluding carboxylic acids is 2. The summed E-state index contributed by atoms with van der Waals surface area (Å²) in [5.41, 5.74) is 0. The summed E-state index contributed by atoms with van der Waals surface area (Å²) >= 11 is 1.58. The van der Waals surface area contributed by atoms with Crippen LogP contribution < -0.4 is 16.0 Å². The standard InChI is InChI=1S/C17H29N3O4S/c1-2-3-4-7-10-18-15(23)17(9-6-5-8-13(21)22)14-12(11-25-17)19-16(24)20-14/h12,14H,2-11H2,1H3,(H,18,23)(H,21,22)(H2,19,20,24)/t12-,14-,17-/m0/s1. The third-order valence-electron chi connectivity index (χ3n) is 4.92. The van der Waals surface area contributed by atoms with E-state index >= 15 is 0 Å². The van der Waals surface area contributed by atoms with E-state index in [1.165, 1.54) is 0 Å². The molecule has 7 nitrogen and oxygen atoms in total. The molecule has 2 fully saturated rings. The van der Waals surface area contributed by atoms with Crippen molar-refractivity contribution in [1.29, 1.82) is 0 Å². The van der Waals surface area contributed by atoms with E-state index in [9.17, 15) is 14.4 Å². The van der Waals surface area contributed by atoms with Gasteiger partial charge in [-0.05, 0) is 19.3 Å². The molecule has 2 saturated heterocycles. The number of hydrogen-bond acceptors (Lipinski definition) is 4. The van der Waals surface area contributed by atoms with Gasteiger partial charge in [-0.15, -0.1) is 11.8 Å². The number of rotatable bonds is 11. The van der Waals surface area contributed by atoms with Crippen molar-refractivity contribution in [2.24, 2.45) is 0 Å². The van der Waals surface area contributed by atoms with E-state index in [0.29, 0.717) is 31.6 Å². The number of nitrogens with one attached hydrogen (secondary N) is 3. The fourth-order valence-electron chi connectivity index (χ4n) is 3.56. The van der Waals surface area contributed by atoms with Crippen molar-refractivity contribution >= 4 is 29.7 Å². The van der Waals surface area contributed by atoms with Gasteiger partial charge in [-0.3, -0.25) is 9.59 Å². The van der Waals surface area contributed by atoms with Crippen LogP contribution in [0.25, 0.3) is 0 Å². The van der Waals surface area contributed by atoms with E-state index in [4.69, 9.17) is 5.11 Å². The first-order chi connectivity index (χ1) is 12.0. The second-order valence-corrected chi connectivity index (χ2v) is 8.17. The van der Waals surface area contributed by atoms with Crippen LogP contribution >= 0.6 is 11.8 Å². The molecule has 2 aliphatic rings. The zero-order valence-electron chi connectivity index (χ0n) is 14.8. The minimum absolute atomic E-state index is 0.0270. The van der Waals surface area contributed by atoms with Crippen molar-refractivity contribution in [3.63, 3.8) is 0 Å². The summed E-state index contributed by atoms with van der Waals surface area (Å²) in [6.45, 7) is 2.80. The fourth-order valence-corrected chi connectivity index (χ4v) is 5.21. The number of hydrogen-bond donors (Lipinski definition) is 4. The van der Waals surface area contributed by atoms with Gasteiger partial charge in [0.15, 0.2) is 0 Å². The van der Waals surface area contributed by atoms with Crippen LogP contribution in [-0.2, 0) is 9.59 Å². The quantitative estimate of drug-likeness (QED) is 0.328. The van der Waals surface area contributed by atoms with Crippen LogP contribution in [0, 0.1) is 0 Å². The van der Waals surface area contributed by atoms with Gasteiger partial charge in [0, 0.05) is 18.7 Å². The number of amides is 3. The van der Waals surface area contributed by atoms with Crippen molar-refractivity contribution in [3.05, 3.63) is 0 Å². The number of urea groups is 1. The Kier molecular flexibility index (Phi) is 7.40. The highest BCUT2D eigenvalue weighted by Crippen LogP contribution is 2.44. The molecule has 8 heteroatoms. The van der Waals surface area contributed by atoms with Gasteiger partial charge in [0.05, 0.1) is 12.1 Å². The predicted octanol–water partition coefficient (Wildman–Crippen LogP) is 1.86. The van der Waals surface area contributed by atoms with Crippen LogP contribution in [0.5, 0.6) is 0 Å². The molecular weight excluding hydrogens is 342 g/mol. The number of unbranched alkanes of at least 4 members (excludes halogenated alkanes) is 4. The Morgan fingerprint density at radius 3 is 2.76 bits per heavy atom. The minimum Gasteiger partial charge on any atom is -0.481 e. The zero-order chi connectivity index (χ0) is 18.3. The maximum Gasteiger partial charge on any atom is 0.315 e. The summed E-state index contributed by atoms with van der Waals surface area (Å²) in [5, 5.41) is 17.6. The van der Waals surface area contributed by atoms with Crippen LogP contribution in [0.2, 0.25) is 0 Å². The molecule has 25 heavy (non-hydrogen) atoms. The summed E-state index contributed by atoms with van der Waals surface area (Å²) in [4.78, 5) is 35.3. The number of carbonyl (C=O) groups is 3. The highest BCUT2D eigenvalue weighted by Gasteiger charge is 2.57. The van der Waals surface area contributed by atoms with E-state index in [1.54, 1.807) is 11.8 Å². The molecule has 4 N–H and O–H groups in total. The lowest BCUT2D eigenvalue weighted by molar-refractivity contribution is -0.137. The number of carboxylic acid groups (broad SMARTS) is 1. The number of thioether (sulfide) groups is 1. The van der Waals surface area contributed by atoms with Crippen LogP contribution in [0.3, 0.4) is 0 Å². The Labute approximate surface area is 153 Å². The van der Waals surface area contributed by atoms with E-state index in [1.807, 2.05) is 0 Å². The van der Waals surface area contributed by atoms with Gasteiger partial charge in [-0.25, -0.2) is 4.79 Å². The molecule has 0 aromatic carbocycles. The Hall–Kier alpha value is -1.44. The van der Waals surface area contributed by atoms with Crippen LogP contribution in [0.15, 0.2) is 0 Å². The lowest BCUT2D eigenvalue weighted by Gasteiger charge is -2.32. The van der Waals surface area contributed by atoms with E-state index in [-0.39, 0.29) is 30.4 Å². The minimum atomic E-state index is -0.817. The molecule has 0 aliphatic carbocycles. The smallest absolute Gasteiger partial charge is 0.315 e. The van der Waals surface area contributed by atoms with Gasteiger partial charge in [0.25, 0.3) is 0 Å². The summed E-state index contributed by atoms with van der Waals surface area (Å²) < 4.78 is -0.701. The van der Waals surface area contributed by atoms with Crippen molar-refractivity contribution in [2.45, 2.75) is 75.1 Å². The molecule has 0 unspecified atom stereocenters. The highest BCUT2D eigenvalue weighted by molar-refractivity contribution is 8.01. The topological polar surface area (TPSA) is 108 Å². The van der Waals surface area contributed by atoms with Gasteiger partial charge >= 0.3 is 12.0 Å². The second-order valence-electron chi connectivity index (χ2n) is 6.82. The van der Waals surface area contributed by atoms with E-state index < -0.39 is 10.7 Å². The Morgan fingerprint density at radius 1 is 1.24 bits per heavy atom. The van der Waals surface area contributed by atoms with Gasteiger partial charge in [0.1, 0.15) is 4.75 Å². The summed E-state index contributed by atoms with van der Waals surface area (Å²) in [5.74, 6) is -0.144. The first kappa shape index (κ1) is 19.9. The maximum absolute atomic E-state index is 13.0. The molecule has 0 bridgehead atoms. The summed E-state index contributed by atoms with van der Waals surface area (Å²) in [6, 6.07) is -0.491. The fraction of sp³-hybridized carbons (Fsp3) is 0.824.